The third-order valence-corrected chi connectivity index (χ3v) is 3.75. The molecule has 1 aliphatic rings. The number of halogens is 1. The Kier molecular flexibility index (Phi) is 3.47. The summed E-state index contributed by atoms with van der Waals surface area (Å²) >= 11 is 2.22. The fourth-order valence-corrected chi connectivity index (χ4v) is 2.84. The quantitative estimate of drug-likeness (QED) is 0.825. The van der Waals surface area contributed by atoms with E-state index in [0.717, 1.165) is 20.3 Å². The number of hydrogen-bond acceptors (Lipinski definition) is 2. The van der Waals surface area contributed by atoms with Crippen molar-refractivity contribution in [3.8, 4) is 5.75 Å². The van der Waals surface area contributed by atoms with E-state index in [2.05, 4.69) is 29.2 Å². The first-order valence-corrected chi connectivity index (χ1v) is 6.59. The van der Waals surface area contributed by atoms with Crippen LogP contribution < -0.4 is 4.74 Å². The average molecular weight is 356 g/mol. The number of carbonyl (C=O) groups is 1. The minimum atomic E-state index is -0.938. The highest BCUT2D eigenvalue weighted by molar-refractivity contribution is 14.1. The molecule has 0 amide bonds. The molecule has 0 saturated carbocycles. The number of ether oxygens (including phenoxy) is 1. The van der Waals surface area contributed by atoms with Crippen LogP contribution in [-0.2, 0) is 4.79 Å². The number of carboxylic acid groups (broad SMARTS) is 1. The Hall–Kier alpha value is -1.30. The van der Waals surface area contributed by atoms with Crippen LogP contribution in [-0.4, -0.2) is 17.2 Å². The van der Waals surface area contributed by atoms with Crippen LogP contribution in [0.15, 0.2) is 24.3 Å². The van der Waals surface area contributed by atoms with Gasteiger partial charge in [0.25, 0.3) is 0 Å². The zero-order chi connectivity index (χ0) is 13.4. The molecule has 0 saturated heterocycles. The average Bonchev–Trinajstić information content (AvgIpc) is 2.27. The Morgan fingerprint density at radius 3 is 2.72 bits per heavy atom. The Morgan fingerprint density at radius 2 is 2.17 bits per heavy atom. The SMILES string of the molecule is C=C(C)c1cc2c(cc1I)C=C(C(=O)O)[C@@H](C)O2. The van der Waals surface area contributed by atoms with Crippen LogP contribution in [0.3, 0.4) is 0 Å². The molecular weight excluding hydrogens is 343 g/mol. The Balaban J connectivity index is 2.57. The van der Waals surface area contributed by atoms with Crippen LogP contribution in [0.1, 0.15) is 25.0 Å². The Labute approximate surface area is 119 Å². The lowest BCUT2D eigenvalue weighted by atomic mass is 9.99. The van der Waals surface area contributed by atoms with Crippen LogP contribution in [0.2, 0.25) is 0 Å². The van der Waals surface area contributed by atoms with Gasteiger partial charge in [-0.3, -0.25) is 0 Å². The molecule has 0 aromatic heterocycles. The van der Waals surface area contributed by atoms with Crippen molar-refractivity contribution in [2.75, 3.05) is 0 Å². The van der Waals surface area contributed by atoms with E-state index in [1.165, 1.54) is 0 Å². The minimum Gasteiger partial charge on any atom is -0.485 e. The van der Waals surface area contributed by atoms with Crippen molar-refractivity contribution in [3.05, 3.63) is 39.0 Å². The van der Waals surface area contributed by atoms with Crippen molar-refractivity contribution < 1.29 is 14.6 Å². The molecule has 94 valence electrons. The molecule has 0 fully saturated rings. The van der Waals surface area contributed by atoms with Gasteiger partial charge in [0.1, 0.15) is 11.9 Å². The summed E-state index contributed by atoms with van der Waals surface area (Å²) in [4.78, 5) is 11.1. The number of hydrogen-bond donors (Lipinski definition) is 1. The van der Waals surface area contributed by atoms with E-state index < -0.39 is 12.1 Å². The molecule has 1 atom stereocenters. The van der Waals surface area contributed by atoms with Crippen LogP contribution in [0.4, 0.5) is 0 Å². The molecular formula is C14H13IO3. The van der Waals surface area contributed by atoms with Crippen LogP contribution in [0, 0.1) is 3.57 Å². The molecule has 1 heterocycles. The van der Waals surface area contributed by atoms with Gasteiger partial charge in [-0.05, 0) is 65.8 Å². The molecule has 2 rings (SSSR count). The first-order chi connectivity index (χ1) is 8.40. The van der Waals surface area contributed by atoms with Crippen molar-refractivity contribution in [2.24, 2.45) is 0 Å². The highest BCUT2D eigenvalue weighted by Crippen LogP contribution is 2.34. The summed E-state index contributed by atoms with van der Waals surface area (Å²) in [6.07, 6.45) is 1.24. The first kappa shape index (κ1) is 13.1. The molecule has 1 aromatic rings. The normalized spacial score (nSPS) is 17.5. The number of fused-ring (bicyclic) bond motifs is 1. The standard InChI is InChI=1S/C14H13IO3/c1-7(2)10-6-13-9(5-12(10)15)4-11(14(16)17)8(3)18-13/h4-6,8H,1H2,2-3H3,(H,16,17)/t8-/m1/s1. The molecule has 3 nitrogen and oxygen atoms in total. The highest BCUT2D eigenvalue weighted by atomic mass is 127. The lowest BCUT2D eigenvalue weighted by Crippen LogP contribution is -2.24. The molecule has 1 aliphatic heterocycles. The second-order valence-corrected chi connectivity index (χ2v) is 5.48. The summed E-state index contributed by atoms with van der Waals surface area (Å²) in [6.45, 7) is 7.60. The van der Waals surface area contributed by atoms with Gasteiger partial charge in [-0.2, -0.15) is 0 Å². The molecule has 0 aliphatic carbocycles. The summed E-state index contributed by atoms with van der Waals surface area (Å²) in [5.74, 6) is -0.224. The van der Waals surface area contributed by atoms with Gasteiger partial charge in [-0.1, -0.05) is 6.58 Å². The second-order valence-electron chi connectivity index (χ2n) is 4.32. The van der Waals surface area contributed by atoms with Crippen molar-refractivity contribution >= 4 is 40.2 Å². The largest absolute Gasteiger partial charge is 0.485 e. The summed E-state index contributed by atoms with van der Waals surface area (Å²) in [6, 6.07) is 3.85. The third kappa shape index (κ3) is 2.29. The Bertz CT molecular complexity index is 573. The predicted molar refractivity (Wildman–Crippen MR) is 79.6 cm³/mol. The summed E-state index contributed by atoms with van der Waals surface area (Å²) < 4.78 is 6.70. The van der Waals surface area contributed by atoms with Gasteiger partial charge < -0.3 is 9.84 Å². The van der Waals surface area contributed by atoms with E-state index in [-0.39, 0.29) is 5.57 Å². The number of carboxylic acids is 1. The molecule has 1 aromatic carbocycles. The van der Waals surface area contributed by atoms with Gasteiger partial charge in [0.05, 0.1) is 5.57 Å². The number of aliphatic carboxylic acids is 1. The molecule has 1 N–H and O–H groups in total. The lowest BCUT2D eigenvalue weighted by molar-refractivity contribution is -0.133. The number of benzene rings is 1. The number of allylic oxidation sites excluding steroid dienone is 1. The van der Waals surface area contributed by atoms with Crippen molar-refractivity contribution in [2.45, 2.75) is 20.0 Å². The third-order valence-electron chi connectivity index (χ3n) is 2.86. The van der Waals surface area contributed by atoms with Gasteiger partial charge >= 0.3 is 5.97 Å². The van der Waals surface area contributed by atoms with E-state index in [4.69, 9.17) is 9.84 Å². The fourth-order valence-electron chi connectivity index (χ4n) is 1.89. The van der Waals surface area contributed by atoms with E-state index in [1.54, 1.807) is 13.0 Å². The summed E-state index contributed by atoms with van der Waals surface area (Å²) in [5.41, 5.74) is 3.08. The van der Waals surface area contributed by atoms with Crippen molar-refractivity contribution in [1.29, 1.82) is 0 Å². The topological polar surface area (TPSA) is 46.5 Å². The second kappa shape index (κ2) is 4.76. The Morgan fingerprint density at radius 1 is 1.50 bits per heavy atom. The molecule has 18 heavy (non-hydrogen) atoms. The number of rotatable bonds is 2. The van der Waals surface area contributed by atoms with E-state index in [1.807, 2.05) is 19.1 Å². The monoisotopic (exact) mass is 356 g/mol. The van der Waals surface area contributed by atoms with Gasteiger partial charge in [0.2, 0.25) is 0 Å². The molecule has 4 heteroatoms. The van der Waals surface area contributed by atoms with E-state index in [0.29, 0.717) is 5.75 Å². The van der Waals surface area contributed by atoms with Crippen LogP contribution in [0.5, 0.6) is 5.75 Å². The van der Waals surface area contributed by atoms with Gasteiger partial charge in [-0.25, -0.2) is 4.79 Å². The van der Waals surface area contributed by atoms with Gasteiger partial charge in [0, 0.05) is 9.13 Å². The van der Waals surface area contributed by atoms with Crippen LogP contribution in [0.25, 0.3) is 11.6 Å². The summed E-state index contributed by atoms with van der Waals surface area (Å²) in [5, 5.41) is 9.08. The first-order valence-electron chi connectivity index (χ1n) is 5.51. The van der Waals surface area contributed by atoms with Gasteiger partial charge in [0.15, 0.2) is 0 Å². The molecule has 0 spiro atoms. The predicted octanol–water partition coefficient (Wildman–Crippen LogP) is 3.57. The minimum absolute atomic E-state index is 0.279. The van der Waals surface area contributed by atoms with E-state index >= 15 is 0 Å². The zero-order valence-electron chi connectivity index (χ0n) is 10.2. The molecule has 0 radical (unpaired) electrons. The summed E-state index contributed by atoms with van der Waals surface area (Å²) in [7, 11) is 0. The van der Waals surface area contributed by atoms with Crippen molar-refractivity contribution in [3.63, 3.8) is 0 Å². The maximum atomic E-state index is 11.1. The molecule has 0 unspecified atom stereocenters. The lowest BCUT2D eigenvalue weighted by Gasteiger charge is -2.23. The maximum Gasteiger partial charge on any atom is 0.335 e. The van der Waals surface area contributed by atoms with Gasteiger partial charge in [-0.15, -0.1) is 0 Å². The highest BCUT2D eigenvalue weighted by Gasteiger charge is 2.24. The smallest absolute Gasteiger partial charge is 0.335 e. The maximum absolute atomic E-state index is 11.1. The fraction of sp³-hybridized carbons (Fsp3) is 0.214. The van der Waals surface area contributed by atoms with Crippen molar-refractivity contribution in [1.82, 2.24) is 0 Å². The van der Waals surface area contributed by atoms with Crippen LogP contribution >= 0.6 is 22.6 Å². The molecule has 0 bridgehead atoms. The van der Waals surface area contributed by atoms with E-state index in [9.17, 15) is 4.79 Å². The zero-order valence-corrected chi connectivity index (χ0v) is 12.3.